The number of carboxylic acid groups (broad SMARTS) is 1. The SMILES string of the molecule is CCCCP(=O)(CCC)C(=O)O. The Bertz CT molecular complexity index is 189. The smallest absolute Gasteiger partial charge is 0.361 e. The van der Waals surface area contributed by atoms with Gasteiger partial charge >= 0.3 is 5.71 Å². The number of rotatable bonds is 6. The molecule has 0 bridgehead atoms. The fourth-order valence-electron chi connectivity index (χ4n) is 1.08. The van der Waals surface area contributed by atoms with Crippen LogP contribution in [-0.4, -0.2) is 23.1 Å². The van der Waals surface area contributed by atoms with E-state index in [2.05, 4.69) is 0 Å². The summed E-state index contributed by atoms with van der Waals surface area (Å²) in [5, 5.41) is 8.73. The van der Waals surface area contributed by atoms with Gasteiger partial charge in [-0.25, -0.2) is 4.79 Å². The average molecular weight is 192 g/mol. The van der Waals surface area contributed by atoms with Crippen molar-refractivity contribution in [1.82, 2.24) is 0 Å². The Labute approximate surface area is 73.5 Å². The summed E-state index contributed by atoms with van der Waals surface area (Å²) in [6, 6.07) is 0. The van der Waals surface area contributed by atoms with Crippen LogP contribution in [0.5, 0.6) is 0 Å². The molecule has 0 radical (unpaired) electrons. The van der Waals surface area contributed by atoms with Gasteiger partial charge in [-0.2, -0.15) is 0 Å². The molecule has 4 heteroatoms. The van der Waals surface area contributed by atoms with Crippen LogP contribution in [0.15, 0.2) is 0 Å². The van der Waals surface area contributed by atoms with Crippen LogP contribution in [-0.2, 0) is 4.57 Å². The molecule has 0 amide bonds. The summed E-state index contributed by atoms with van der Waals surface area (Å²) in [6.45, 7) is 3.83. The third kappa shape index (κ3) is 3.40. The minimum atomic E-state index is -2.89. The third-order valence-corrected chi connectivity index (χ3v) is 4.71. The first-order valence-electron chi connectivity index (χ1n) is 4.38. The molecule has 0 aromatic heterocycles. The molecule has 0 aliphatic heterocycles. The zero-order valence-corrected chi connectivity index (χ0v) is 8.64. The Morgan fingerprint density at radius 1 is 1.25 bits per heavy atom. The second kappa shape index (κ2) is 5.36. The Kier molecular flexibility index (Phi) is 5.23. The number of hydrogen-bond acceptors (Lipinski definition) is 2. The fraction of sp³-hybridized carbons (Fsp3) is 0.875. The van der Waals surface area contributed by atoms with E-state index in [9.17, 15) is 9.36 Å². The third-order valence-electron chi connectivity index (χ3n) is 1.81. The van der Waals surface area contributed by atoms with E-state index in [1.807, 2.05) is 13.8 Å². The zero-order valence-electron chi connectivity index (χ0n) is 7.75. The molecule has 0 rings (SSSR count). The van der Waals surface area contributed by atoms with Crippen molar-refractivity contribution in [2.24, 2.45) is 0 Å². The van der Waals surface area contributed by atoms with E-state index in [4.69, 9.17) is 5.11 Å². The molecule has 0 aromatic rings. The van der Waals surface area contributed by atoms with E-state index >= 15 is 0 Å². The van der Waals surface area contributed by atoms with Gasteiger partial charge in [0.05, 0.1) is 0 Å². The van der Waals surface area contributed by atoms with E-state index in [0.717, 1.165) is 12.8 Å². The largest absolute Gasteiger partial charge is 0.476 e. The van der Waals surface area contributed by atoms with Gasteiger partial charge < -0.3 is 9.67 Å². The minimum Gasteiger partial charge on any atom is -0.476 e. The van der Waals surface area contributed by atoms with E-state index in [-0.39, 0.29) is 0 Å². The molecule has 3 nitrogen and oxygen atoms in total. The normalized spacial score (nSPS) is 15.5. The molecule has 1 N–H and O–H groups in total. The van der Waals surface area contributed by atoms with E-state index in [1.54, 1.807) is 0 Å². The predicted octanol–water partition coefficient (Wildman–Crippen LogP) is 3.24. The van der Waals surface area contributed by atoms with Gasteiger partial charge in [-0.1, -0.05) is 20.3 Å². The van der Waals surface area contributed by atoms with Crippen LogP contribution >= 0.6 is 7.14 Å². The maximum absolute atomic E-state index is 11.7. The molecule has 12 heavy (non-hydrogen) atoms. The summed E-state index contributed by atoms with van der Waals surface area (Å²) in [4.78, 5) is 10.7. The van der Waals surface area contributed by atoms with Gasteiger partial charge in [0, 0.05) is 12.3 Å². The maximum Gasteiger partial charge on any atom is 0.361 e. The summed E-state index contributed by atoms with van der Waals surface area (Å²) in [6.07, 6.45) is 3.06. The van der Waals surface area contributed by atoms with E-state index in [0.29, 0.717) is 18.7 Å². The second-order valence-electron chi connectivity index (χ2n) is 2.97. The Hall–Kier alpha value is -0.300. The lowest BCUT2D eigenvalue weighted by molar-refractivity contribution is 0.218. The van der Waals surface area contributed by atoms with Gasteiger partial charge in [0.2, 0.25) is 0 Å². The highest BCUT2D eigenvalue weighted by atomic mass is 31.2. The van der Waals surface area contributed by atoms with Gasteiger partial charge in [-0.15, -0.1) is 0 Å². The molecular weight excluding hydrogens is 175 g/mol. The summed E-state index contributed by atoms with van der Waals surface area (Å²) >= 11 is 0. The van der Waals surface area contributed by atoms with Crippen LogP contribution in [0.3, 0.4) is 0 Å². The lowest BCUT2D eigenvalue weighted by atomic mass is 10.4. The van der Waals surface area contributed by atoms with Crippen molar-refractivity contribution >= 4 is 12.9 Å². The quantitative estimate of drug-likeness (QED) is 0.657. The highest BCUT2D eigenvalue weighted by Crippen LogP contribution is 2.47. The van der Waals surface area contributed by atoms with Gasteiger partial charge in [0.25, 0.3) is 0 Å². The van der Waals surface area contributed by atoms with Crippen molar-refractivity contribution in [1.29, 1.82) is 0 Å². The molecule has 72 valence electrons. The molecule has 0 heterocycles. The molecule has 0 aliphatic carbocycles. The number of unbranched alkanes of at least 4 members (excludes halogenated alkanes) is 1. The van der Waals surface area contributed by atoms with Crippen molar-refractivity contribution in [3.63, 3.8) is 0 Å². The first kappa shape index (κ1) is 11.7. The lowest BCUT2D eigenvalue weighted by Crippen LogP contribution is -2.04. The molecule has 1 unspecified atom stereocenters. The molecule has 0 aromatic carbocycles. The molecule has 0 aliphatic rings. The average Bonchev–Trinajstić information content (AvgIpc) is 2.01. The van der Waals surface area contributed by atoms with Crippen molar-refractivity contribution in [2.75, 3.05) is 12.3 Å². The Morgan fingerprint density at radius 3 is 2.17 bits per heavy atom. The van der Waals surface area contributed by atoms with Crippen molar-refractivity contribution < 1.29 is 14.5 Å². The Morgan fingerprint density at radius 2 is 1.83 bits per heavy atom. The monoisotopic (exact) mass is 192 g/mol. The molecule has 0 saturated heterocycles. The fourth-order valence-corrected chi connectivity index (χ4v) is 3.23. The first-order valence-corrected chi connectivity index (χ1v) is 6.46. The lowest BCUT2D eigenvalue weighted by Gasteiger charge is -2.10. The van der Waals surface area contributed by atoms with E-state index < -0.39 is 12.9 Å². The standard InChI is InChI=1S/C8H17O3P/c1-3-5-7-12(11,6-4-2)8(9)10/h3-7H2,1-2H3,(H,9,10). The molecule has 0 spiro atoms. The van der Waals surface area contributed by atoms with Crippen LogP contribution in [0.4, 0.5) is 4.79 Å². The van der Waals surface area contributed by atoms with Crippen LogP contribution in [0.2, 0.25) is 0 Å². The molecule has 0 saturated carbocycles. The van der Waals surface area contributed by atoms with Crippen LogP contribution in [0.25, 0.3) is 0 Å². The van der Waals surface area contributed by atoms with Gasteiger partial charge in [0.15, 0.2) is 7.14 Å². The van der Waals surface area contributed by atoms with E-state index in [1.165, 1.54) is 0 Å². The van der Waals surface area contributed by atoms with Crippen molar-refractivity contribution in [3.05, 3.63) is 0 Å². The molecule has 1 atom stereocenters. The van der Waals surface area contributed by atoms with Gasteiger partial charge in [-0.3, -0.25) is 0 Å². The molecule has 0 fully saturated rings. The van der Waals surface area contributed by atoms with Crippen molar-refractivity contribution in [2.45, 2.75) is 33.1 Å². The van der Waals surface area contributed by atoms with Crippen LogP contribution < -0.4 is 0 Å². The summed E-state index contributed by atoms with van der Waals surface area (Å²) < 4.78 is 11.7. The summed E-state index contributed by atoms with van der Waals surface area (Å²) in [5.74, 6) is 0. The van der Waals surface area contributed by atoms with Crippen LogP contribution in [0, 0.1) is 0 Å². The number of carbonyl (C=O) groups is 1. The van der Waals surface area contributed by atoms with Crippen molar-refractivity contribution in [3.8, 4) is 0 Å². The first-order chi connectivity index (χ1) is 5.56. The maximum atomic E-state index is 11.7. The van der Waals surface area contributed by atoms with Gasteiger partial charge in [0.1, 0.15) is 0 Å². The summed E-state index contributed by atoms with van der Waals surface area (Å²) in [5.41, 5.74) is -1.09. The highest BCUT2D eigenvalue weighted by Gasteiger charge is 2.28. The second-order valence-corrected chi connectivity index (χ2v) is 6.03. The summed E-state index contributed by atoms with van der Waals surface area (Å²) in [7, 11) is -2.89. The highest BCUT2D eigenvalue weighted by molar-refractivity contribution is 7.79. The Balaban J connectivity index is 4.20. The zero-order chi connectivity index (χ0) is 9.61. The predicted molar refractivity (Wildman–Crippen MR) is 50.6 cm³/mol. The topological polar surface area (TPSA) is 54.4 Å². The number of hydrogen-bond donors (Lipinski definition) is 1. The van der Waals surface area contributed by atoms with Gasteiger partial charge in [-0.05, 0) is 12.8 Å². The molecular formula is C8H17O3P. The van der Waals surface area contributed by atoms with Crippen LogP contribution in [0.1, 0.15) is 33.1 Å². The minimum absolute atomic E-state index is 0.350.